The average Bonchev–Trinajstić information content (AvgIpc) is 3.60. The number of fused-ring (bicyclic) bond motifs is 1. The van der Waals surface area contributed by atoms with Crippen molar-refractivity contribution in [2.24, 2.45) is 5.16 Å². The quantitative estimate of drug-likeness (QED) is 0.130. The summed E-state index contributed by atoms with van der Waals surface area (Å²) >= 11 is 3.63. The molecular weight excluding hydrogens is 530 g/mol. The molecule has 5 rings (SSSR count). The predicted octanol–water partition coefficient (Wildman–Crippen LogP) is 0.462. The molecule has 0 saturated carbocycles. The van der Waals surface area contributed by atoms with Crippen molar-refractivity contribution >= 4 is 74.1 Å². The lowest BCUT2D eigenvalue weighted by molar-refractivity contribution is -0.150. The van der Waals surface area contributed by atoms with Gasteiger partial charge >= 0.3 is 5.97 Å². The van der Waals surface area contributed by atoms with Crippen LogP contribution in [0.3, 0.4) is 0 Å². The molecule has 2 saturated heterocycles. The number of thiazole rings is 2. The zero-order chi connectivity index (χ0) is 25.6. The summed E-state index contributed by atoms with van der Waals surface area (Å²) in [5.74, 6) is -2.85. The van der Waals surface area contributed by atoms with Crippen LogP contribution in [-0.2, 0) is 19.2 Å². The smallest absolute Gasteiger partial charge is 0.352 e. The number of hydrogen-bond donors (Lipinski definition) is 4. The number of carbonyl (C=O) groups excluding carboxylic acids is 3. The van der Waals surface area contributed by atoms with Gasteiger partial charge in [0.1, 0.15) is 22.8 Å². The summed E-state index contributed by atoms with van der Waals surface area (Å²) in [6, 6.07) is -1.03. The van der Waals surface area contributed by atoms with Gasteiger partial charge in [0.25, 0.3) is 17.7 Å². The third-order valence-electron chi connectivity index (χ3n) is 5.69. The van der Waals surface area contributed by atoms with E-state index in [4.69, 9.17) is 5.73 Å². The molecule has 5 heterocycles. The molecule has 2 fully saturated rings. The van der Waals surface area contributed by atoms with Crippen LogP contribution < -0.4 is 16.0 Å². The van der Waals surface area contributed by atoms with E-state index in [2.05, 4.69) is 20.4 Å². The summed E-state index contributed by atoms with van der Waals surface area (Å²) in [6.45, 7) is 0.430. The first-order valence-corrected chi connectivity index (χ1v) is 13.2. The number of allylic oxidation sites excluding steroid dienone is 1. The van der Waals surface area contributed by atoms with Gasteiger partial charge in [-0.05, 0) is 18.1 Å². The van der Waals surface area contributed by atoms with E-state index in [1.54, 1.807) is 11.6 Å². The number of hydrogen-bond acceptors (Lipinski definition) is 12. The molecule has 16 heteroatoms. The van der Waals surface area contributed by atoms with Gasteiger partial charge in [0.05, 0.1) is 0 Å². The number of nitrogen functional groups attached to an aromatic ring is 1. The van der Waals surface area contributed by atoms with E-state index in [-0.39, 0.29) is 28.2 Å². The number of aliphatic carboxylic acids is 1. The molecule has 186 valence electrons. The molecule has 3 aliphatic heterocycles. The fourth-order valence-electron chi connectivity index (χ4n) is 4.06. The van der Waals surface area contributed by atoms with Crippen molar-refractivity contribution in [2.75, 3.05) is 22.9 Å². The first-order valence-electron chi connectivity index (χ1n) is 10.4. The molecule has 0 aliphatic carbocycles. The highest BCUT2D eigenvalue weighted by molar-refractivity contribution is 8.00. The number of nitrogens with two attached hydrogens (primary N) is 1. The Morgan fingerprint density at radius 1 is 1.31 bits per heavy atom. The van der Waals surface area contributed by atoms with Crippen molar-refractivity contribution in [1.29, 1.82) is 0 Å². The second-order valence-corrected chi connectivity index (χ2v) is 10.6. The lowest BCUT2D eigenvalue weighted by atomic mass is 10.0. The van der Waals surface area contributed by atoms with E-state index >= 15 is 0 Å². The number of β-lactam (4-membered cyclic amide) rings is 1. The van der Waals surface area contributed by atoms with E-state index in [1.807, 2.05) is 0 Å². The molecular formula is C20H17N7O6S3. The van der Waals surface area contributed by atoms with Crippen molar-refractivity contribution in [3.05, 3.63) is 45.6 Å². The van der Waals surface area contributed by atoms with Crippen LogP contribution in [0.15, 0.2) is 45.0 Å². The zero-order valence-electron chi connectivity index (χ0n) is 18.2. The minimum Gasteiger partial charge on any atom is -0.477 e. The van der Waals surface area contributed by atoms with Gasteiger partial charge in [0, 0.05) is 34.8 Å². The van der Waals surface area contributed by atoms with Gasteiger partial charge in [-0.3, -0.25) is 24.2 Å². The van der Waals surface area contributed by atoms with Gasteiger partial charge in [-0.1, -0.05) is 5.16 Å². The maximum atomic E-state index is 12.9. The Hall–Kier alpha value is -3.76. The van der Waals surface area contributed by atoms with Gasteiger partial charge in [0.2, 0.25) is 0 Å². The predicted molar refractivity (Wildman–Crippen MR) is 132 cm³/mol. The van der Waals surface area contributed by atoms with Crippen LogP contribution in [0.4, 0.5) is 10.3 Å². The first kappa shape index (κ1) is 24.0. The number of rotatable bonds is 6. The Kier molecular flexibility index (Phi) is 6.23. The second-order valence-electron chi connectivity index (χ2n) is 7.75. The van der Waals surface area contributed by atoms with Crippen LogP contribution in [0.1, 0.15) is 12.1 Å². The minimum atomic E-state index is -1.32. The van der Waals surface area contributed by atoms with Crippen LogP contribution in [0.5, 0.6) is 0 Å². The highest BCUT2D eigenvalue weighted by Gasteiger charge is 2.54. The average molecular weight is 548 g/mol. The molecule has 2 aromatic heterocycles. The zero-order valence-corrected chi connectivity index (χ0v) is 20.6. The normalized spacial score (nSPS) is 23.2. The summed E-state index contributed by atoms with van der Waals surface area (Å²) < 4.78 is 0. The number of oxime groups is 1. The molecule has 13 nitrogen and oxygen atoms in total. The second kappa shape index (κ2) is 9.36. The Labute approximate surface area is 215 Å². The molecule has 3 amide bonds. The van der Waals surface area contributed by atoms with Crippen LogP contribution in [0.2, 0.25) is 0 Å². The number of anilines is 2. The van der Waals surface area contributed by atoms with Gasteiger partial charge in [0.15, 0.2) is 16.0 Å². The Morgan fingerprint density at radius 2 is 2.11 bits per heavy atom. The molecule has 3 aliphatic rings. The van der Waals surface area contributed by atoms with Crippen molar-refractivity contribution in [3.8, 4) is 0 Å². The van der Waals surface area contributed by atoms with Crippen LogP contribution in [-0.4, -0.2) is 78.3 Å². The van der Waals surface area contributed by atoms with Gasteiger partial charge in [-0.15, -0.1) is 34.4 Å². The SMILES string of the molecule is Nc1nc(/C(=N/O)C(=O)N[C@@H]2C(=O)N3C(C(=O)O)=C(/C=C4\CCN(c5nccs5)C4=O)CS[C@H]23)cs1. The lowest BCUT2D eigenvalue weighted by Gasteiger charge is -2.49. The number of nitrogens with one attached hydrogen (secondary N) is 1. The van der Waals surface area contributed by atoms with Crippen molar-refractivity contribution in [3.63, 3.8) is 0 Å². The third-order valence-corrected chi connectivity index (χ3v) is 8.46. The number of carboxylic acids is 1. The molecule has 2 aromatic rings. The number of carboxylic acid groups (broad SMARTS) is 1. The molecule has 2 atom stereocenters. The fourth-order valence-corrected chi connectivity index (χ4v) is 6.58. The Bertz CT molecular complexity index is 1370. The summed E-state index contributed by atoms with van der Waals surface area (Å²) in [5, 5.41) is 27.9. The molecule has 36 heavy (non-hydrogen) atoms. The van der Waals surface area contributed by atoms with Gasteiger partial charge in [-0.2, -0.15) is 0 Å². The molecule has 5 N–H and O–H groups in total. The molecule has 0 radical (unpaired) electrons. The minimum absolute atomic E-state index is 0.0467. The maximum Gasteiger partial charge on any atom is 0.352 e. The van der Waals surface area contributed by atoms with Crippen LogP contribution in [0.25, 0.3) is 0 Å². The Balaban J connectivity index is 1.35. The number of thioether (sulfide) groups is 1. The standard InChI is InChI=1S/C20H17N7O6S3/c21-19-23-10(7-36-19)11(25-33)14(28)24-12-16(30)27-13(18(31)32)9(6-35-17(12)27)5-8-1-3-26(15(8)29)20-22-2-4-34-20/h2,4-5,7,12,17,33H,1,3,6H2,(H2,21,23)(H,24,28)(H,31,32)/b8-5+,25-11-/t12-,17-/m1/s1. The maximum absolute atomic E-state index is 12.9. The summed E-state index contributed by atoms with van der Waals surface area (Å²) in [7, 11) is 0. The third kappa shape index (κ3) is 4.02. The number of nitrogens with zero attached hydrogens (tertiary/aromatic N) is 5. The molecule has 0 spiro atoms. The van der Waals surface area contributed by atoms with E-state index < -0.39 is 34.9 Å². The van der Waals surface area contributed by atoms with Gasteiger partial charge < -0.3 is 21.4 Å². The van der Waals surface area contributed by atoms with E-state index in [0.717, 1.165) is 16.2 Å². The van der Waals surface area contributed by atoms with Crippen LogP contribution >= 0.6 is 34.4 Å². The number of aromatic nitrogens is 2. The van der Waals surface area contributed by atoms with Crippen molar-refractivity contribution < 1.29 is 29.5 Å². The first-order chi connectivity index (χ1) is 17.3. The fraction of sp³-hybridized carbons (Fsp3) is 0.250. The number of amides is 3. The highest BCUT2D eigenvalue weighted by atomic mass is 32.2. The van der Waals surface area contributed by atoms with E-state index in [0.29, 0.717) is 29.2 Å². The Morgan fingerprint density at radius 3 is 2.75 bits per heavy atom. The summed E-state index contributed by atoms with van der Waals surface area (Å²) in [6.07, 6.45) is 3.55. The van der Waals surface area contributed by atoms with Gasteiger partial charge in [-0.25, -0.2) is 14.8 Å². The molecule has 0 aromatic carbocycles. The highest BCUT2D eigenvalue weighted by Crippen LogP contribution is 2.41. The molecule has 0 bridgehead atoms. The topological polar surface area (TPSA) is 191 Å². The monoisotopic (exact) mass is 547 g/mol. The van der Waals surface area contributed by atoms with Crippen molar-refractivity contribution in [1.82, 2.24) is 20.2 Å². The lowest BCUT2D eigenvalue weighted by Crippen LogP contribution is -2.71. The van der Waals surface area contributed by atoms with E-state index in [9.17, 15) is 29.5 Å². The van der Waals surface area contributed by atoms with E-state index in [1.165, 1.54) is 39.5 Å². The van der Waals surface area contributed by atoms with Crippen molar-refractivity contribution in [2.45, 2.75) is 17.8 Å². The number of carbonyl (C=O) groups is 4. The summed E-state index contributed by atoms with van der Waals surface area (Å²) in [4.78, 5) is 61.2. The summed E-state index contributed by atoms with van der Waals surface area (Å²) in [5.41, 5.74) is 5.72. The van der Waals surface area contributed by atoms with Crippen LogP contribution in [0, 0.1) is 0 Å². The molecule has 0 unspecified atom stereocenters. The largest absolute Gasteiger partial charge is 0.477 e.